The molecule has 2 fully saturated rings. The van der Waals surface area contributed by atoms with Gasteiger partial charge < -0.3 is 14.0 Å². The molecule has 1 aliphatic heterocycles. The molecule has 1 aromatic carbocycles. The molecule has 3 aliphatic rings. The second-order valence-electron chi connectivity index (χ2n) is 6.91. The zero-order valence-corrected chi connectivity index (χ0v) is 13.5. The van der Waals surface area contributed by atoms with Crippen molar-refractivity contribution in [1.82, 2.24) is 19.9 Å². The zero-order chi connectivity index (χ0) is 16.4. The average Bonchev–Trinajstić information content (AvgIpc) is 3.52. The summed E-state index contributed by atoms with van der Waals surface area (Å²) in [4.78, 5) is 4.76. The van der Waals surface area contributed by atoms with Crippen molar-refractivity contribution in [2.24, 2.45) is 0 Å². The van der Waals surface area contributed by atoms with Gasteiger partial charge in [0, 0.05) is 24.0 Å². The fourth-order valence-corrected chi connectivity index (χ4v) is 3.16. The lowest BCUT2D eigenvalue weighted by Crippen LogP contribution is -2.00. The van der Waals surface area contributed by atoms with E-state index in [1.165, 1.54) is 12.8 Å². The quantitative estimate of drug-likeness (QED) is 0.727. The number of fused-ring (bicyclic) bond motifs is 1. The third kappa shape index (κ3) is 2.22. The molecular weight excluding hydrogens is 320 g/mol. The van der Waals surface area contributed by atoms with Gasteiger partial charge in [-0.15, -0.1) is 0 Å². The van der Waals surface area contributed by atoms with E-state index in [4.69, 9.17) is 24.1 Å². The van der Waals surface area contributed by atoms with E-state index in [0.29, 0.717) is 11.8 Å². The molecule has 2 aromatic heterocycles. The monoisotopic (exact) mass is 336 g/mol. The molecule has 7 nitrogen and oxygen atoms in total. The van der Waals surface area contributed by atoms with E-state index in [0.717, 1.165) is 53.1 Å². The summed E-state index contributed by atoms with van der Waals surface area (Å²) in [7, 11) is 0. The highest BCUT2D eigenvalue weighted by atomic mass is 16.7. The largest absolute Gasteiger partial charge is 0.454 e. The van der Waals surface area contributed by atoms with Crippen LogP contribution in [0.1, 0.15) is 49.1 Å². The molecule has 2 saturated carbocycles. The Morgan fingerprint density at radius 3 is 2.64 bits per heavy atom. The van der Waals surface area contributed by atoms with Crippen molar-refractivity contribution < 1.29 is 14.0 Å². The van der Waals surface area contributed by atoms with Crippen LogP contribution in [0.3, 0.4) is 0 Å². The fourth-order valence-electron chi connectivity index (χ4n) is 3.16. The van der Waals surface area contributed by atoms with Crippen molar-refractivity contribution in [3.63, 3.8) is 0 Å². The summed E-state index contributed by atoms with van der Waals surface area (Å²) in [5.41, 5.74) is 1.62. The lowest BCUT2D eigenvalue weighted by atomic mass is 10.2. The molecule has 0 bridgehead atoms. The Labute approximate surface area is 143 Å². The minimum Gasteiger partial charge on any atom is -0.454 e. The molecule has 0 radical (unpaired) electrons. The van der Waals surface area contributed by atoms with Gasteiger partial charge in [0.2, 0.25) is 6.79 Å². The third-order valence-electron chi connectivity index (χ3n) is 4.90. The zero-order valence-electron chi connectivity index (χ0n) is 13.5. The van der Waals surface area contributed by atoms with Crippen LogP contribution >= 0.6 is 0 Å². The van der Waals surface area contributed by atoms with Crippen LogP contribution in [-0.4, -0.2) is 26.7 Å². The van der Waals surface area contributed by atoms with Gasteiger partial charge in [0.05, 0.1) is 5.69 Å². The minimum atomic E-state index is 0.254. The first kappa shape index (κ1) is 13.5. The van der Waals surface area contributed by atoms with Gasteiger partial charge in [-0.2, -0.15) is 5.10 Å². The van der Waals surface area contributed by atoms with Crippen LogP contribution in [0.4, 0.5) is 0 Å². The number of nitrogens with zero attached hydrogens (tertiary/aromatic N) is 4. The Hall–Kier alpha value is -2.83. The van der Waals surface area contributed by atoms with E-state index in [-0.39, 0.29) is 6.79 Å². The molecule has 0 saturated heterocycles. The van der Waals surface area contributed by atoms with Gasteiger partial charge in [0.1, 0.15) is 5.76 Å². The van der Waals surface area contributed by atoms with Crippen molar-refractivity contribution >= 4 is 0 Å². The number of rotatable bonds is 4. The second-order valence-corrected chi connectivity index (χ2v) is 6.91. The number of benzene rings is 1. The highest BCUT2D eigenvalue weighted by molar-refractivity contribution is 5.57. The summed E-state index contributed by atoms with van der Waals surface area (Å²) in [5, 5.41) is 8.99. The van der Waals surface area contributed by atoms with Crippen LogP contribution in [0.5, 0.6) is 11.5 Å². The Morgan fingerprint density at radius 2 is 1.80 bits per heavy atom. The van der Waals surface area contributed by atoms with Crippen LogP contribution in [0.15, 0.2) is 28.8 Å². The Morgan fingerprint density at radius 1 is 0.960 bits per heavy atom. The number of ether oxygens (including phenoxy) is 2. The van der Waals surface area contributed by atoms with Crippen molar-refractivity contribution in [3.8, 4) is 28.7 Å². The predicted molar refractivity (Wildman–Crippen MR) is 86.9 cm³/mol. The molecule has 3 heterocycles. The molecule has 6 rings (SSSR count). The molecule has 126 valence electrons. The smallest absolute Gasteiger partial charge is 0.231 e. The summed E-state index contributed by atoms with van der Waals surface area (Å²) in [6, 6.07) is 7.80. The van der Waals surface area contributed by atoms with Crippen LogP contribution in [0, 0.1) is 0 Å². The van der Waals surface area contributed by atoms with Crippen molar-refractivity contribution in [1.29, 1.82) is 0 Å². The van der Waals surface area contributed by atoms with Crippen LogP contribution in [-0.2, 0) is 0 Å². The second kappa shape index (κ2) is 4.84. The van der Waals surface area contributed by atoms with Gasteiger partial charge in [-0.05, 0) is 37.8 Å². The van der Waals surface area contributed by atoms with Gasteiger partial charge >= 0.3 is 0 Å². The Balaban J connectivity index is 1.47. The first-order valence-electron chi connectivity index (χ1n) is 8.69. The van der Waals surface area contributed by atoms with Crippen molar-refractivity contribution in [2.75, 3.05) is 6.79 Å². The van der Waals surface area contributed by atoms with Crippen LogP contribution in [0.2, 0.25) is 0 Å². The molecular formula is C18H16N4O3. The molecule has 0 amide bonds. The van der Waals surface area contributed by atoms with E-state index >= 15 is 0 Å². The summed E-state index contributed by atoms with van der Waals surface area (Å²) < 4.78 is 18.3. The van der Waals surface area contributed by atoms with Gasteiger partial charge in [-0.1, -0.05) is 5.16 Å². The highest BCUT2D eigenvalue weighted by Crippen LogP contribution is 2.43. The van der Waals surface area contributed by atoms with E-state index in [9.17, 15) is 0 Å². The van der Waals surface area contributed by atoms with E-state index < -0.39 is 0 Å². The van der Waals surface area contributed by atoms with Gasteiger partial charge in [-0.25, -0.2) is 9.67 Å². The summed E-state index contributed by atoms with van der Waals surface area (Å²) in [5.74, 6) is 5.01. The lowest BCUT2D eigenvalue weighted by Gasteiger charge is -2.05. The molecule has 3 aromatic rings. The normalized spacial score (nSPS) is 18.7. The van der Waals surface area contributed by atoms with Crippen molar-refractivity contribution in [2.45, 2.75) is 37.5 Å². The SMILES string of the molecule is c1cc2c(cc1-n1nc(C3CC3)nc1-c1cc(C3CC3)on1)OCO2. The number of hydrogen-bond acceptors (Lipinski definition) is 6. The maximum Gasteiger partial charge on any atom is 0.231 e. The standard InChI is InChI=1S/C18H16N4O3/c1-2-10(1)15-8-13(21-25-15)18-19-17(11-3-4-11)20-22(18)12-5-6-14-16(7-12)24-9-23-14/h5-8,10-11H,1-4,9H2. The van der Waals surface area contributed by atoms with E-state index in [1.807, 2.05) is 28.9 Å². The molecule has 0 unspecified atom stereocenters. The maximum absolute atomic E-state index is 5.52. The first-order chi connectivity index (χ1) is 12.3. The molecule has 25 heavy (non-hydrogen) atoms. The van der Waals surface area contributed by atoms with E-state index in [1.54, 1.807) is 0 Å². The number of aromatic nitrogens is 4. The average molecular weight is 336 g/mol. The third-order valence-corrected chi connectivity index (χ3v) is 4.90. The topological polar surface area (TPSA) is 75.2 Å². The van der Waals surface area contributed by atoms with Crippen LogP contribution < -0.4 is 9.47 Å². The molecule has 2 aliphatic carbocycles. The molecule has 7 heteroatoms. The molecule has 0 atom stereocenters. The number of hydrogen-bond donors (Lipinski definition) is 0. The predicted octanol–water partition coefficient (Wildman–Crippen LogP) is 3.41. The fraction of sp³-hybridized carbons (Fsp3) is 0.389. The summed E-state index contributed by atoms with van der Waals surface area (Å²) in [6.07, 6.45) is 4.65. The van der Waals surface area contributed by atoms with Gasteiger partial charge in [0.25, 0.3) is 0 Å². The van der Waals surface area contributed by atoms with Crippen molar-refractivity contribution in [3.05, 3.63) is 35.9 Å². The summed E-state index contributed by atoms with van der Waals surface area (Å²) >= 11 is 0. The maximum atomic E-state index is 5.52. The molecule has 0 spiro atoms. The lowest BCUT2D eigenvalue weighted by molar-refractivity contribution is 0.174. The van der Waals surface area contributed by atoms with Gasteiger partial charge in [-0.3, -0.25) is 0 Å². The summed E-state index contributed by atoms with van der Waals surface area (Å²) in [6.45, 7) is 0.254. The van der Waals surface area contributed by atoms with E-state index in [2.05, 4.69) is 5.16 Å². The van der Waals surface area contributed by atoms with Crippen LogP contribution in [0.25, 0.3) is 17.2 Å². The highest BCUT2D eigenvalue weighted by Gasteiger charge is 2.32. The first-order valence-corrected chi connectivity index (χ1v) is 8.69. The Kier molecular flexibility index (Phi) is 2.61. The minimum absolute atomic E-state index is 0.254. The van der Waals surface area contributed by atoms with Gasteiger partial charge in [0.15, 0.2) is 28.8 Å². The Bertz CT molecular complexity index is 969. The molecule has 0 N–H and O–H groups in total.